The van der Waals surface area contributed by atoms with Gasteiger partial charge in [0.2, 0.25) is 0 Å². The molecular weight excluding hydrogens is 548 g/mol. The molecule has 0 unspecified atom stereocenters. The summed E-state index contributed by atoms with van der Waals surface area (Å²) in [4.78, 5) is 64.1. The third-order valence-electron chi connectivity index (χ3n) is 6.82. The van der Waals surface area contributed by atoms with Gasteiger partial charge in [-0.2, -0.15) is 0 Å². The second kappa shape index (κ2) is 12.4. The molecule has 2 N–H and O–H groups in total. The average Bonchev–Trinajstić information content (AvgIpc) is 3.24. The number of phenols is 1. The maximum Gasteiger partial charge on any atom is 0.308 e. The van der Waals surface area contributed by atoms with Crippen LogP contribution in [-0.4, -0.2) is 46.0 Å². The lowest BCUT2D eigenvalue weighted by Crippen LogP contribution is -2.31. The van der Waals surface area contributed by atoms with E-state index in [-0.39, 0.29) is 47.6 Å². The summed E-state index contributed by atoms with van der Waals surface area (Å²) in [7, 11) is 0. The molecule has 4 aromatic rings. The van der Waals surface area contributed by atoms with Crippen LogP contribution in [0.1, 0.15) is 59.5 Å². The number of ketones is 1. The molecule has 43 heavy (non-hydrogen) atoms. The maximum absolute atomic E-state index is 13.3. The first-order chi connectivity index (χ1) is 20.7. The highest BCUT2D eigenvalue weighted by atomic mass is 16.5. The quantitative estimate of drug-likeness (QED) is 0.0912. The van der Waals surface area contributed by atoms with Crippen molar-refractivity contribution in [2.45, 2.75) is 13.3 Å². The van der Waals surface area contributed by atoms with Crippen LogP contribution in [0.5, 0.6) is 11.5 Å². The van der Waals surface area contributed by atoms with Crippen LogP contribution in [0, 0.1) is 0 Å². The first kappa shape index (κ1) is 28.7. The number of imide groups is 1. The molecule has 4 aromatic carbocycles. The number of fused-ring (bicyclic) bond motifs is 1. The van der Waals surface area contributed by atoms with Crippen molar-refractivity contribution < 1.29 is 33.8 Å². The number of phenolic OH excluding ortho intramolecular Hbond substituents is 1. The number of para-hydroxylation sites is 1. The summed E-state index contributed by atoms with van der Waals surface area (Å²) in [6, 6.07) is 24.2. The summed E-state index contributed by atoms with van der Waals surface area (Å²) >= 11 is 0. The van der Waals surface area contributed by atoms with E-state index >= 15 is 0 Å². The van der Waals surface area contributed by atoms with Crippen LogP contribution >= 0.6 is 0 Å². The van der Waals surface area contributed by atoms with Gasteiger partial charge in [0.25, 0.3) is 17.7 Å². The van der Waals surface area contributed by atoms with Crippen LogP contribution in [0.2, 0.25) is 0 Å². The summed E-state index contributed by atoms with van der Waals surface area (Å²) < 4.78 is 5.25. The van der Waals surface area contributed by atoms with Crippen molar-refractivity contribution in [2.75, 3.05) is 11.9 Å². The Morgan fingerprint density at radius 3 is 2.16 bits per heavy atom. The van der Waals surface area contributed by atoms with E-state index in [0.717, 1.165) is 0 Å². The van der Waals surface area contributed by atoms with Gasteiger partial charge in [0.1, 0.15) is 11.5 Å². The van der Waals surface area contributed by atoms with E-state index in [9.17, 15) is 29.1 Å². The van der Waals surface area contributed by atoms with Crippen molar-refractivity contribution in [3.63, 3.8) is 0 Å². The number of hydrogen-bond acceptors (Lipinski definition) is 7. The number of anilines is 1. The fourth-order valence-corrected chi connectivity index (χ4v) is 4.64. The third kappa shape index (κ3) is 6.41. The average molecular weight is 575 g/mol. The van der Waals surface area contributed by atoms with Crippen molar-refractivity contribution in [1.82, 2.24) is 4.90 Å². The Hall–Kier alpha value is -5.83. The van der Waals surface area contributed by atoms with Gasteiger partial charge in [-0.05, 0) is 78.7 Å². The number of nitrogens with one attached hydrogen (secondary N) is 1. The molecule has 9 heteroatoms. The zero-order valence-corrected chi connectivity index (χ0v) is 23.1. The molecule has 0 saturated carbocycles. The highest BCUT2D eigenvalue weighted by Crippen LogP contribution is 2.26. The molecule has 0 aliphatic carbocycles. The van der Waals surface area contributed by atoms with Crippen LogP contribution in [0.4, 0.5) is 5.69 Å². The number of ether oxygens (including phenoxy) is 1. The Morgan fingerprint density at radius 1 is 0.860 bits per heavy atom. The Balaban J connectivity index is 1.28. The molecule has 5 rings (SSSR count). The normalized spacial score (nSPS) is 12.3. The third-order valence-corrected chi connectivity index (χ3v) is 6.82. The lowest BCUT2D eigenvalue weighted by molar-refractivity contribution is -0.131. The molecule has 0 aromatic heterocycles. The van der Waals surface area contributed by atoms with Gasteiger partial charge in [0.05, 0.1) is 16.7 Å². The summed E-state index contributed by atoms with van der Waals surface area (Å²) in [5.41, 5.74) is 2.73. The number of amides is 3. The SMILES string of the molecule is CC(=O)Oc1ccc(CCN2C(=O)c3ccccc3C2=O)cc1C(=O)Nc1ccc(C(=O)/C=C/c2ccccc2O)cc1. The summed E-state index contributed by atoms with van der Waals surface area (Å²) in [5, 5.41) is 12.6. The number of aromatic hydroxyl groups is 1. The minimum Gasteiger partial charge on any atom is -0.507 e. The van der Waals surface area contributed by atoms with E-state index in [1.54, 1.807) is 78.9 Å². The van der Waals surface area contributed by atoms with Gasteiger partial charge >= 0.3 is 5.97 Å². The molecule has 1 heterocycles. The number of hydrogen-bond donors (Lipinski definition) is 2. The first-order valence-electron chi connectivity index (χ1n) is 13.4. The Labute approximate surface area is 247 Å². The predicted octanol–water partition coefficient (Wildman–Crippen LogP) is 5.30. The Bertz CT molecular complexity index is 1760. The number of carbonyl (C=O) groups is 5. The number of carbonyl (C=O) groups excluding carboxylic acids is 5. The van der Waals surface area contributed by atoms with Crippen molar-refractivity contribution in [3.8, 4) is 11.5 Å². The molecule has 0 spiro atoms. The highest BCUT2D eigenvalue weighted by Gasteiger charge is 2.34. The fourth-order valence-electron chi connectivity index (χ4n) is 4.64. The summed E-state index contributed by atoms with van der Waals surface area (Å²) in [6.45, 7) is 1.33. The zero-order valence-electron chi connectivity index (χ0n) is 23.1. The van der Waals surface area contributed by atoms with Crippen molar-refractivity contribution >= 4 is 41.2 Å². The Morgan fingerprint density at radius 2 is 1.51 bits per heavy atom. The number of esters is 1. The number of allylic oxidation sites excluding steroid dienone is 1. The highest BCUT2D eigenvalue weighted by molar-refractivity contribution is 6.21. The van der Waals surface area contributed by atoms with Crippen molar-refractivity contribution in [2.24, 2.45) is 0 Å². The smallest absolute Gasteiger partial charge is 0.308 e. The van der Waals surface area contributed by atoms with Crippen LogP contribution in [0.15, 0.2) is 97.1 Å². The van der Waals surface area contributed by atoms with E-state index in [2.05, 4.69) is 5.32 Å². The largest absolute Gasteiger partial charge is 0.507 e. The van der Waals surface area contributed by atoms with Crippen molar-refractivity contribution in [3.05, 3.63) is 130 Å². The molecule has 0 fully saturated rings. The molecular formula is C34H26N2O7. The first-order valence-corrected chi connectivity index (χ1v) is 13.4. The Kier molecular flexibility index (Phi) is 8.25. The van der Waals surface area contributed by atoms with E-state index < -0.39 is 11.9 Å². The fraction of sp³-hybridized carbons (Fsp3) is 0.0882. The topological polar surface area (TPSA) is 130 Å². The predicted molar refractivity (Wildman–Crippen MR) is 159 cm³/mol. The van der Waals surface area contributed by atoms with E-state index in [1.807, 2.05) is 0 Å². The van der Waals surface area contributed by atoms with E-state index in [0.29, 0.717) is 33.5 Å². The minimum absolute atomic E-state index is 0.0515. The van der Waals surface area contributed by atoms with E-state index in [4.69, 9.17) is 4.74 Å². The molecule has 3 amide bonds. The van der Waals surface area contributed by atoms with Crippen LogP contribution in [-0.2, 0) is 11.2 Å². The molecule has 1 aliphatic heterocycles. The van der Waals surface area contributed by atoms with Gasteiger partial charge in [0.15, 0.2) is 5.78 Å². The van der Waals surface area contributed by atoms with Crippen LogP contribution in [0.25, 0.3) is 6.08 Å². The van der Waals surface area contributed by atoms with E-state index in [1.165, 1.54) is 36.1 Å². The van der Waals surface area contributed by atoms with Gasteiger partial charge in [-0.1, -0.05) is 36.4 Å². The maximum atomic E-state index is 13.3. The molecule has 0 bridgehead atoms. The lowest BCUT2D eigenvalue weighted by atomic mass is 10.1. The minimum atomic E-state index is -0.604. The van der Waals surface area contributed by atoms with Crippen LogP contribution < -0.4 is 10.1 Å². The molecule has 0 saturated heterocycles. The van der Waals surface area contributed by atoms with Gasteiger partial charge in [0, 0.05) is 30.3 Å². The number of nitrogens with zero attached hydrogens (tertiary/aromatic N) is 1. The van der Waals surface area contributed by atoms with Gasteiger partial charge in [-0.3, -0.25) is 28.9 Å². The number of benzene rings is 4. The van der Waals surface area contributed by atoms with Crippen LogP contribution in [0.3, 0.4) is 0 Å². The lowest BCUT2D eigenvalue weighted by Gasteiger charge is -2.15. The molecule has 1 aliphatic rings. The number of rotatable bonds is 9. The molecule has 214 valence electrons. The second-order valence-electron chi connectivity index (χ2n) is 9.77. The summed E-state index contributed by atoms with van der Waals surface area (Å²) in [6.07, 6.45) is 3.14. The monoisotopic (exact) mass is 574 g/mol. The zero-order chi connectivity index (χ0) is 30.5. The van der Waals surface area contributed by atoms with Gasteiger partial charge in [-0.25, -0.2) is 0 Å². The molecule has 9 nitrogen and oxygen atoms in total. The second-order valence-corrected chi connectivity index (χ2v) is 9.77. The van der Waals surface area contributed by atoms with Crippen molar-refractivity contribution in [1.29, 1.82) is 0 Å². The molecule has 0 atom stereocenters. The van der Waals surface area contributed by atoms with Gasteiger partial charge in [-0.15, -0.1) is 0 Å². The van der Waals surface area contributed by atoms with Gasteiger partial charge < -0.3 is 15.2 Å². The standard InChI is InChI=1S/C34H26N2O7/c1-21(37)43-31-17-10-22(18-19-36-33(41)26-7-3-4-8-27(26)34(36)42)20-28(31)32(40)35-25-14-11-24(12-15-25)30(39)16-13-23-6-2-5-9-29(23)38/h2-17,20,38H,18-19H2,1H3,(H,35,40)/b16-13+. The molecule has 0 radical (unpaired) electrons. The summed E-state index contributed by atoms with van der Waals surface area (Å²) in [5.74, 6) is -2.08.